The molecule has 0 aliphatic rings. The predicted molar refractivity (Wildman–Crippen MR) is 182 cm³/mol. The molecule has 0 spiro atoms. The van der Waals surface area contributed by atoms with E-state index in [-0.39, 0.29) is 0 Å². The SMILES string of the molecule is c1ccc2c(c1)ccc1cc(-c3c4ccccc4c(-c4cccc5ccc6ccccc6c45)c4ccccc34)ccc12. The molecule has 0 heteroatoms. The summed E-state index contributed by atoms with van der Waals surface area (Å²) in [5, 5.41) is 15.4. The second-order valence-corrected chi connectivity index (χ2v) is 11.3. The van der Waals surface area contributed by atoms with Crippen molar-refractivity contribution < 1.29 is 0 Å². The number of fused-ring (bicyclic) bond motifs is 8. The van der Waals surface area contributed by atoms with Gasteiger partial charge in [0.25, 0.3) is 0 Å². The van der Waals surface area contributed by atoms with Gasteiger partial charge in [-0.3, -0.25) is 0 Å². The molecule has 0 N–H and O–H groups in total. The van der Waals surface area contributed by atoms with Gasteiger partial charge >= 0.3 is 0 Å². The van der Waals surface area contributed by atoms with E-state index in [9.17, 15) is 0 Å². The second-order valence-electron chi connectivity index (χ2n) is 11.3. The highest BCUT2D eigenvalue weighted by molar-refractivity contribution is 6.26. The van der Waals surface area contributed by atoms with Crippen LogP contribution in [0.25, 0.3) is 86.9 Å². The van der Waals surface area contributed by atoms with E-state index in [1.165, 1.54) is 86.9 Å². The van der Waals surface area contributed by atoms with E-state index in [1.54, 1.807) is 0 Å². The molecule has 0 aliphatic carbocycles. The van der Waals surface area contributed by atoms with Crippen molar-refractivity contribution in [1.82, 2.24) is 0 Å². The first kappa shape index (κ1) is 23.3. The van der Waals surface area contributed by atoms with Crippen LogP contribution in [-0.4, -0.2) is 0 Å². The minimum atomic E-state index is 1.25. The van der Waals surface area contributed by atoms with Crippen LogP contribution in [-0.2, 0) is 0 Å². The Morgan fingerprint density at radius 1 is 0.262 bits per heavy atom. The zero-order valence-corrected chi connectivity index (χ0v) is 23.0. The van der Waals surface area contributed by atoms with Crippen molar-refractivity contribution in [3.63, 3.8) is 0 Å². The van der Waals surface area contributed by atoms with E-state index in [4.69, 9.17) is 0 Å². The Labute approximate surface area is 244 Å². The summed E-state index contributed by atoms with van der Waals surface area (Å²) in [6.07, 6.45) is 0. The molecular formula is C42H26. The van der Waals surface area contributed by atoms with E-state index in [1.807, 2.05) is 0 Å². The third kappa shape index (κ3) is 3.36. The van der Waals surface area contributed by atoms with Gasteiger partial charge in [0.1, 0.15) is 0 Å². The van der Waals surface area contributed by atoms with Crippen molar-refractivity contribution in [3.8, 4) is 22.3 Å². The highest BCUT2D eigenvalue weighted by Gasteiger charge is 2.19. The molecule has 0 nitrogen and oxygen atoms in total. The molecule has 0 saturated carbocycles. The minimum Gasteiger partial charge on any atom is -0.0616 e. The lowest BCUT2D eigenvalue weighted by Gasteiger charge is -2.19. The summed E-state index contributed by atoms with van der Waals surface area (Å²) in [6, 6.07) is 58.1. The van der Waals surface area contributed by atoms with Crippen LogP contribution in [0.1, 0.15) is 0 Å². The fourth-order valence-corrected chi connectivity index (χ4v) is 7.17. The average Bonchev–Trinajstić information content (AvgIpc) is 3.06. The largest absolute Gasteiger partial charge is 0.0616 e. The van der Waals surface area contributed by atoms with Crippen LogP contribution in [0.2, 0.25) is 0 Å². The van der Waals surface area contributed by atoms with Crippen LogP contribution in [0.15, 0.2) is 158 Å². The molecule has 0 heterocycles. The van der Waals surface area contributed by atoms with Crippen molar-refractivity contribution in [2.24, 2.45) is 0 Å². The van der Waals surface area contributed by atoms with Gasteiger partial charge in [-0.1, -0.05) is 152 Å². The van der Waals surface area contributed by atoms with Gasteiger partial charge in [-0.05, 0) is 93.0 Å². The Morgan fingerprint density at radius 2 is 0.738 bits per heavy atom. The highest BCUT2D eigenvalue weighted by Crippen LogP contribution is 2.46. The van der Waals surface area contributed by atoms with Crippen LogP contribution < -0.4 is 0 Å². The Bertz CT molecular complexity index is 2460. The molecule has 0 aromatic heterocycles. The fourth-order valence-electron chi connectivity index (χ4n) is 7.17. The summed E-state index contributed by atoms with van der Waals surface area (Å²) in [7, 11) is 0. The monoisotopic (exact) mass is 530 g/mol. The first-order valence-corrected chi connectivity index (χ1v) is 14.6. The van der Waals surface area contributed by atoms with Crippen molar-refractivity contribution in [1.29, 1.82) is 0 Å². The quantitative estimate of drug-likeness (QED) is 0.154. The average molecular weight is 531 g/mol. The fraction of sp³-hybridized carbons (Fsp3) is 0. The molecule has 0 amide bonds. The third-order valence-electron chi connectivity index (χ3n) is 9.00. The minimum absolute atomic E-state index is 1.25. The Balaban J connectivity index is 1.41. The summed E-state index contributed by atoms with van der Waals surface area (Å²) in [6.45, 7) is 0. The zero-order chi connectivity index (χ0) is 27.6. The molecular weight excluding hydrogens is 504 g/mol. The molecule has 194 valence electrons. The summed E-state index contributed by atoms with van der Waals surface area (Å²) in [4.78, 5) is 0. The second kappa shape index (κ2) is 9.03. The normalized spacial score (nSPS) is 11.8. The number of benzene rings is 9. The molecule has 0 fully saturated rings. The first-order valence-electron chi connectivity index (χ1n) is 14.6. The maximum Gasteiger partial charge on any atom is -0.00199 e. The Hall–Kier alpha value is -5.46. The van der Waals surface area contributed by atoms with Gasteiger partial charge in [-0.15, -0.1) is 0 Å². The van der Waals surface area contributed by atoms with E-state index in [2.05, 4.69) is 158 Å². The molecule has 0 saturated heterocycles. The smallest absolute Gasteiger partial charge is 0.00199 e. The molecule has 0 bridgehead atoms. The van der Waals surface area contributed by atoms with E-state index in [0.717, 1.165) is 0 Å². The molecule has 9 aromatic rings. The van der Waals surface area contributed by atoms with Crippen molar-refractivity contribution in [3.05, 3.63) is 158 Å². The van der Waals surface area contributed by atoms with Gasteiger partial charge in [0.15, 0.2) is 0 Å². The van der Waals surface area contributed by atoms with Crippen LogP contribution in [0.3, 0.4) is 0 Å². The highest BCUT2D eigenvalue weighted by atomic mass is 14.2. The molecule has 42 heavy (non-hydrogen) atoms. The summed E-state index contributed by atoms with van der Waals surface area (Å²) >= 11 is 0. The van der Waals surface area contributed by atoms with Crippen molar-refractivity contribution in [2.45, 2.75) is 0 Å². The Kier molecular flexibility index (Phi) is 5.00. The summed E-state index contributed by atoms with van der Waals surface area (Å²) in [5.74, 6) is 0. The van der Waals surface area contributed by atoms with E-state index >= 15 is 0 Å². The summed E-state index contributed by atoms with van der Waals surface area (Å²) in [5.41, 5.74) is 5.14. The molecule has 0 radical (unpaired) electrons. The molecule has 0 atom stereocenters. The number of hydrogen-bond donors (Lipinski definition) is 0. The maximum absolute atomic E-state index is 2.38. The van der Waals surface area contributed by atoms with Crippen molar-refractivity contribution >= 4 is 64.6 Å². The van der Waals surface area contributed by atoms with Crippen LogP contribution in [0.5, 0.6) is 0 Å². The van der Waals surface area contributed by atoms with Gasteiger partial charge in [-0.25, -0.2) is 0 Å². The lowest BCUT2D eigenvalue weighted by Crippen LogP contribution is -1.92. The third-order valence-corrected chi connectivity index (χ3v) is 9.00. The van der Waals surface area contributed by atoms with E-state index in [0.29, 0.717) is 0 Å². The predicted octanol–water partition coefficient (Wildman–Crippen LogP) is 11.9. The zero-order valence-electron chi connectivity index (χ0n) is 23.0. The van der Waals surface area contributed by atoms with E-state index < -0.39 is 0 Å². The molecule has 9 rings (SSSR count). The lowest BCUT2D eigenvalue weighted by atomic mass is 9.83. The molecule has 0 aliphatic heterocycles. The first-order chi connectivity index (χ1) is 20.8. The van der Waals surface area contributed by atoms with Crippen LogP contribution in [0, 0.1) is 0 Å². The topological polar surface area (TPSA) is 0 Å². The number of rotatable bonds is 2. The van der Waals surface area contributed by atoms with Crippen LogP contribution in [0.4, 0.5) is 0 Å². The van der Waals surface area contributed by atoms with Gasteiger partial charge in [-0.2, -0.15) is 0 Å². The van der Waals surface area contributed by atoms with Gasteiger partial charge in [0, 0.05) is 0 Å². The van der Waals surface area contributed by atoms with Gasteiger partial charge in [0.05, 0.1) is 0 Å². The standard InChI is InChI=1S/C42H26/c1-3-13-32-27(10-1)21-23-30-26-31(24-25-33(30)32)41-35-15-5-7-17-37(35)42(38-18-8-6-16-36(38)41)39-19-9-12-29-22-20-28-11-2-4-14-34(28)40(29)39/h1-26H. The molecule has 0 unspecified atom stereocenters. The van der Waals surface area contributed by atoms with Crippen LogP contribution >= 0.6 is 0 Å². The number of hydrogen-bond acceptors (Lipinski definition) is 0. The molecule has 9 aromatic carbocycles. The van der Waals surface area contributed by atoms with Gasteiger partial charge < -0.3 is 0 Å². The van der Waals surface area contributed by atoms with Crippen molar-refractivity contribution in [2.75, 3.05) is 0 Å². The summed E-state index contributed by atoms with van der Waals surface area (Å²) < 4.78 is 0. The Morgan fingerprint density at radius 3 is 1.43 bits per heavy atom. The van der Waals surface area contributed by atoms with Gasteiger partial charge in [0.2, 0.25) is 0 Å². The maximum atomic E-state index is 2.38. The lowest BCUT2D eigenvalue weighted by molar-refractivity contribution is 1.69.